The molecule has 0 aromatic rings. The van der Waals surface area contributed by atoms with Gasteiger partial charge in [0.05, 0.1) is 13.2 Å². The van der Waals surface area contributed by atoms with Gasteiger partial charge in [-0.2, -0.15) is 0 Å². The molecule has 2 aliphatic rings. The molecule has 2 rings (SSSR count). The van der Waals surface area contributed by atoms with Gasteiger partial charge in [0.2, 0.25) is 0 Å². The van der Waals surface area contributed by atoms with Gasteiger partial charge in [-0.1, -0.05) is 6.08 Å². The molecule has 0 amide bonds. The molecule has 0 aromatic heterocycles. The molecule has 1 unspecified atom stereocenters. The number of rotatable bonds is 0. The minimum atomic E-state index is 0.782. The van der Waals surface area contributed by atoms with Crippen molar-refractivity contribution in [2.45, 2.75) is 0 Å². The van der Waals surface area contributed by atoms with Crippen molar-refractivity contribution in [3.63, 3.8) is 0 Å². The van der Waals surface area contributed by atoms with Gasteiger partial charge in [0.25, 0.3) is 0 Å². The monoisotopic (exact) mass is 82.0 g/mol. The highest BCUT2D eigenvalue weighted by Crippen LogP contribution is 2.34. The van der Waals surface area contributed by atoms with Crippen molar-refractivity contribution in [1.82, 2.24) is 0 Å². The third-order valence-corrected chi connectivity index (χ3v) is 1.35. The van der Waals surface area contributed by atoms with Gasteiger partial charge < -0.3 is 4.74 Å². The predicted octanol–water partition coefficient (Wildman–Crippen LogP) is 0.573. The van der Waals surface area contributed by atoms with Crippen molar-refractivity contribution in [3.8, 4) is 0 Å². The molecule has 0 N–H and O–H groups in total. The summed E-state index contributed by atoms with van der Waals surface area (Å²) < 4.78 is 5.04. The van der Waals surface area contributed by atoms with Crippen molar-refractivity contribution < 1.29 is 4.74 Å². The summed E-state index contributed by atoms with van der Waals surface area (Å²) in [5, 5.41) is 0. The highest BCUT2D eigenvalue weighted by molar-refractivity contribution is 5.32. The second kappa shape index (κ2) is 0.684. The molecule has 0 radical (unpaired) electrons. The van der Waals surface area contributed by atoms with Crippen LogP contribution in [0, 0.1) is 5.92 Å². The van der Waals surface area contributed by atoms with Crippen LogP contribution in [0.25, 0.3) is 0 Å². The molecule has 0 aromatic carbocycles. The molecule has 0 saturated carbocycles. The lowest BCUT2D eigenvalue weighted by atomic mass is 10.4. The Bertz CT molecular complexity index is 105. The average molecular weight is 82.1 g/mol. The Hall–Kier alpha value is -0.300. The first kappa shape index (κ1) is 2.80. The third-order valence-electron chi connectivity index (χ3n) is 1.35. The Morgan fingerprint density at radius 3 is 3.00 bits per heavy atom. The summed E-state index contributed by atoms with van der Waals surface area (Å²) in [6.45, 7) is 1.89. The van der Waals surface area contributed by atoms with E-state index in [2.05, 4.69) is 6.08 Å². The second-order valence-corrected chi connectivity index (χ2v) is 1.86. The van der Waals surface area contributed by atoms with E-state index in [9.17, 15) is 0 Å². The number of ether oxygens (including phenoxy) is 1. The van der Waals surface area contributed by atoms with Gasteiger partial charge >= 0.3 is 0 Å². The van der Waals surface area contributed by atoms with Gasteiger partial charge in [-0.05, 0) is 5.57 Å². The van der Waals surface area contributed by atoms with E-state index in [0.29, 0.717) is 0 Å². The van der Waals surface area contributed by atoms with Gasteiger partial charge in [0, 0.05) is 5.92 Å². The van der Waals surface area contributed by atoms with Crippen molar-refractivity contribution in [2.75, 3.05) is 13.2 Å². The molecular weight excluding hydrogens is 76.1 g/mol. The minimum Gasteiger partial charge on any atom is -0.376 e. The molecule has 0 bridgehead atoms. The maximum absolute atomic E-state index is 5.04. The van der Waals surface area contributed by atoms with Crippen LogP contribution in [0.4, 0.5) is 0 Å². The van der Waals surface area contributed by atoms with Crippen LogP contribution < -0.4 is 0 Å². The van der Waals surface area contributed by atoms with Gasteiger partial charge in [0.1, 0.15) is 0 Å². The zero-order valence-corrected chi connectivity index (χ0v) is 3.48. The lowest BCUT2D eigenvalue weighted by Gasteiger charge is -1.83. The Kier molecular flexibility index (Phi) is 0.320. The highest BCUT2D eigenvalue weighted by atomic mass is 16.5. The van der Waals surface area contributed by atoms with E-state index in [1.807, 2.05) is 0 Å². The van der Waals surface area contributed by atoms with Crippen molar-refractivity contribution >= 4 is 0 Å². The molecular formula is C5H6O. The molecule has 1 heterocycles. The second-order valence-electron chi connectivity index (χ2n) is 1.86. The molecule has 1 atom stereocenters. The molecule has 32 valence electrons. The van der Waals surface area contributed by atoms with Gasteiger partial charge in [-0.25, -0.2) is 0 Å². The first-order chi connectivity index (χ1) is 2.97. The van der Waals surface area contributed by atoms with Crippen LogP contribution in [0.2, 0.25) is 0 Å². The fraction of sp³-hybridized carbons (Fsp3) is 0.600. The number of fused-ring (bicyclic) bond motifs is 1. The van der Waals surface area contributed by atoms with E-state index in [0.717, 1.165) is 19.1 Å². The van der Waals surface area contributed by atoms with Crippen LogP contribution in [0.5, 0.6) is 0 Å². The normalized spacial score (nSPS) is 38.7. The fourth-order valence-electron chi connectivity index (χ4n) is 0.824. The Morgan fingerprint density at radius 2 is 2.83 bits per heavy atom. The molecule has 0 spiro atoms. The summed E-state index contributed by atoms with van der Waals surface area (Å²) in [5.41, 5.74) is 1.52. The Labute approximate surface area is 36.6 Å². The Balaban J connectivity index is 2.22. The molecule has 6 heavy (non-hydrogen) atoms. The van der Waals surface area contributed by atoms with Crippen LogP contribution in [0.15, 0.2) is 11.6 Å². The van der Waals surface area contributed by atoms with Crippen LogP contribution in [0.1, 0.15) is 0 Å². The van der Waals surface area contributed by atoms with Gasteiger partial charge in [-0.15, -0.1) is 0 Å². The van der Waals surface area contributed by atoms with Crippen LogP contribution in [-0.2, 0) is 4.74 Å². The molecule has 1 heteroatoms. The predicted molar refractivity (Wildman–Crippen MR) is 22.4 cm³/mol. The lowest BCUT2D eigenvalue weighted by Crippen LogP contribution is -1.83. The van der Waals surface area contributed by atoms with E-state index >= 15 is 0 Å². The van der Waals surface area contributed by atoms with E-state index in [4.69, 9.17) is 4.74 Å². The highest BCUT2D eigenvalue weighted by Gasteiger charge is 2.29. The summed E-state index contributed by atoms with van der Waals surface area (Å²) in [7, 11) is 0. The molecule has 1 nitrogen and oxygen atoms in total. The minimum absolute atomic E-state index is 0.782. The lowest BCUT2D eigenvalue weighted by molar-refractivity contribution is 0.191. The Morgan fingerprint density at radius 1 is 1.83 bits per heavy atom. The van der Waals surface area contributed by atoms with E-state index in [1.54, 1.807) is 0 Å². The summed E-state index contributed by atoms with van der Waals surface area (Å²) in [6, 6.07) is 0. The first-order valence-electron chi connectivity index (χ1n) is 2.25. The van der Waals surface area contributed by atoms with Crippen molar-refractivity contribution in [2.24, 2.45) is 5.92 Å². The van der Waals surface area contributed by atoms with Gasteiger partial charge in [0.15, 0.2) is 0 Å². The summed E-state index contributed by atoms with van der Waals surface area (Å²) in [4.78, 5) is 0. The zero-order valence-electron chi connectivity index (χ0n) is 3.48. The first-order valence-corrected chi connectivity index (χ1v) is 2.25. The average Bonchev–Trinajstić information content (AvgIpc) is 2.17. The quantitative estimate of drug-likeness (QED) is 0.388. The van der Waals surface area contributed by atoms with E-state index in [-0.39, 0.29) is 0 Å². The number of hydrogen-bond donors (Lipinski definition) is 0. The van der Waals surface area contributed by atoms with E-state index in [1.165, 1.54) is 5.57 Å². The zero-order chi connectivity index (χ0) is 3.98. The van der Waals surface area contributed by atoms with Crippen LogP contribution >= 0.6 is 0 Å². The smallest absolute Gasteiger partial charge is 0.0684 e. The third kappa shape index (κ3) is 0.197. The molecule has 1 fully saturated rings. The summed E-state index contributed by atoms with van der Waals surface area (Å²) in [5.74, 6) is 0.782. The molecule has 1 aliphatic carbocycles. The maximum Gasteiger partial charge on any atom is 0.0684 e. The topological polar surface area (TPSA) is 9.23 Å². The molecule has 1 saturated heterocycles. The maximum atomic E-state index is 5.04. The SMILES string of the molecule is C1=C2COCC12. The number of hydrogen-bond acceptors (Lipinski definition) is 1. The largest absolute Gasteiger partial charge is 0.376 e. The van der Waals surface area contributed by atoms with Crippen LogP contribution in [0.3, 0.4) is 0 Å². The van der Waals surface area contributed by atoms with Crippen molar-refractivity contribution in [1.29, 1.82) is 0 Å². The summed E-state index contributed by atoms with van der Waals surface area (Å²) >= 11 is 0. The summed E-state index contributed by atoms with van der Waals surface area (Å²) in [6.07, 6.45) is 2.27. The van der Waals surface area contributed by atoms with Crippen molar-refractivity contribution in [3.05, 3.63) is 11.6 Å². The molecule has 1 aliphatic heterocycles. The fourth-order valence-corrected chi connectivity index (χ4v) is 0.824. The van der Waals surface area contributed by atoms with Crippen LogP contribution in [-0.4, -0.2) is 13.2 Å². The van der Waals surface area contributed by atoms with E-state index < -0.39 is 0 Å². The van der Waals surface area contributed by atoms with Gasteiger partial charge in [-0.3, -0.25) is 0 Å². The standard InChI is InChI=1S/C5H6O/c1-4-2-6-3-5(1)4/h1,4H,2-3H2.